The van der Waals surface area contributed by atoms with Crippen molar-refractivity contribution in [1.29, 1.82) is 0 Å². The van der Waals surface area contributed by atoms with Crippen molar-refractivity contribution in [3.8, 4) is 0 Å². The molecule has 3 nitrogen and oxygen atoms in total. The standard InChI is InChI=1S/C13H33N3Si/c1-7-15(8-2)13(16(9-3)10-4)11-14-17-12(5)6/h12-14H,7-11,17H2,1-6H3. The van der Waals surface area contributed by atoms with Crippen molar-refractivity contribution < 1.29 is 0 Å². The van der Waals surface area contributed by atoms with Crippen LogP contribution in [-0.4, -0.2) is 58.4 Å². The molecule has 1 N–H and O–H groups in total. The van der Waals surface area contributed by atoms with Crippen molar-refractivity contribution in [3.63, 3.8) is 0 Å². The second kappa shape index (κ2) is 10.1. The number of hydrogen-bond acceptors (Lipinski definition) is 3. The summed E-state index contributed by atoms with van der Waals surface area (Å²) in [5.74, 6) is 0. The highest BCUT2D eigenvalue weighted by Crippen LogP contribution is 2.05. The first-order chi connectivity index (χ1) is 8.10. The van der Waals surface area contributed by atoms with Gasteiger partial charge in [-0.3, -0.25) is 9.80 Å². The van der Waals surface area contributed by atoms with Crippen LogP contribution in [0.4, 0.5) is 0 Å². The molecule has 0 rings (SSSR count). The molecule has 0 aliphatic rings. The smallest absolute Gasteiger partial charge is 0.0943 e. The molecule has 0 aliphatic carbocycles. The molecular weight excluding hydrogens is 226 g/mol. The van der Waals surface area contributed by atoms with E-state index in [-0.39, 0.29) is 9.68 Å². The minimum absolute atomic E-state index is 0.0946. The zero-order chi connectivity index (χ0) is 13.3. The molecule has 0 aromatic heterocycles. The number of likely N-dealkylation sites (N-methyl/N-ethyl adjacent to an activating group) is 2. The molecule has 0 radical (unpaired) electrons. The normalized spacial score (nSPS) is 13.1. The van der Waals surface area contributed by atoms with Gasteiger partial charge in [0, 0.05) is 6.54 Å². The number of rotatable bonds is 10. The predicted octanol–water partition coefficient (Wildman–Crippen LogP) is 1.50. The molecule has 0 fully saturated rings. The van der Waals surface area contributed by atoms with Crippen LogP contribution < -0.4 is 4.98 Å². The number of nitrogens with zero attached hydrogens (tertiary/aromatic N) is 2. The Hall–Kier alpha value is 0.0969. The van der Waals surface area contributed by atoms with Crippen LogP contribution in [0.1, 0.15) is 41.5 Å². The first-order valence-corrected chi connectivity index (χ1v) is 8.81. The summed E-state index contributed by atoms with van der Waals surface area (Å²) in [5.41, 5.74) is 0.865. The molecule has 0 heterocycles. The fraction of sp³-hybridized carbons (Fsp3) is 1.00. The molecule has 0 saturated carbocycles. The zero-order valence-electron chi connectivity index (χ0n) is 12.8. The van der Waals surface area contributed by atoms with Crippen molar-refractivity contribution >= 4 is 9.68 Å². The monoisotopic (exact) mass is 259 g/mol. The Balaban J connectivity index is 4.37. The van der Waals surface area contributed by atoms with E-state index in [4.69, 9.17) is 0 Å². The largest absolute Gasteiger partial charge is 0.339 e. The molecule has 0 amide bonds. The van der Waals surface area contributed by atoms with Crippen molar-refractivity contribution in [3.05, 3.63) is 0 Å². The molecule has 0 atom stereocenters. The Morgan fingerprint density at radius 1 is 0.882 bits per heavy atom. The molecule has 0 bridgehead atoms. The van der Waals surface area contributed by atoms with Gasteiger partial charge in [0.15, 0.2) is 0 Å². The van der Waals surface area contributed by atoms with E-state index >= 15 is 0 Å². The quantitative estimate of drug-likeness (QED) is 0.474. The van der Waals surface area contributed by atoms with Gasteiger partial charge < -0.3 is 4.98 Å². The fourth-order valence-corrected chi connectivity index (χ4v) is 3.28. The maximum Gasteiger partial charge on any atom is 0.0943 e. The Morgan fingerprint density at radius 2 is 1.29 bits per heavy atom. The van der Waals surface area contributed by atoms with Gasteiger partial charge in [-0.05, 0) is 31.7 Å². The Kier molecular flexibility index (Phi) is 10.1. The average molecular weight is 260 g/mol. The van der Waals surface area contributed by atoms with Crippen molar-refractivity contribution in [2.75, 3.05) is 32.7 Å². The Bertz CT molecular complexity index is 156. The third kappa shape index (κ3) is 6.55. The molecule has 0 unspecified atom stereocenters. The molecule has 0 saturated heterocycles. The van der Waals surface area contributed by atoms with Gasteiger partial charge in [-0.1, -0.05) is 41.5 Å². The minimum atomic E-state index is -0.0946. The molecule has 0 aliphatic heterocycles. The van der Waals surface area contributed by atoms with Crippen LogP contribution in [0.15, 0.2) is 0 Å². The third-order valence-electron chi connectivity index (χ3n) is 3.35. The molecule has 0 spiro atoms. The summed E-state index contributed by atoms with van der Waals surface area (Å²) in [7, 11) is -0.0946. The lowest BCUT2D eigenvalue weighted by atomic mass is 10.3. The molecule has 0 aromatic carbocycles. The lowest BCUT2D eigenvalue weighted by Gasteiger charge is -2.38. The molecular formula is C13H33N3Si. The van der Waals surface area contributed by atoms with Crippen LogP contribution >= 0.6 is 0 Å². The van der Waals surface area contributed by atoms with E-state index in [1.165, 1.54) is 0 Å². The summed E-state index contributed by atoms with van der Waals surface area (Å²) in [6.45, 7) is 19.4. The second-order valence-corrected chi connectivity index (χ2v) is 7.52. The lowest BCUT2D eigenvalue weighted by molar-refractivity contribution is 0.0605. The molecule has 0 aromatic rings. The maximum absolute atomic E-state index is 3.74. The van der Waals surface area contributed by atoms with Gasteiger partial charge >= 0.3 is 0 Å². The highest BCUT2D eigenvalue weighted by molar-refractivity contribution is 6.33. The Morgan fingerprint density at radius 3 is 1.59 bits per heavy atom. The van der Waals surface area contributed by atoms with E-state index < -0.39 is 0 Å². The van der Waals surface area contributed by atoms with E-state index in [1.807, 2.05) is 0 Å². The van der Waals surface area contributed by atoms with E-state index in [0.29, 0.717) is 6.17 Å². The predicted molar refractivity (Wildman–Crippen MR) is 81.3 cm³/mol. The maximum atomic E-state index is 3.74. The van der Waals surface area contributed by atoms with Crippen LogP contribution in [0.25, 0.3) is 0 Å². The zero-order valence-corrected chi connectivity index (χ0v) is 14.2. The van der Waals surface area contributed by atoms with Gasteiger partial charge in [0.1, 0.15) is 0 Å². The average Bonchev–Trinajstić information content (AvgIpc) is 2.31. The van der Waals surface area contributed by atoms with E-state index in [2.05, 4.69) is 56.3 Å². The highest BCUT2D eigenvalue weighted by atomic mass is 28.2. The van der Waals surface area contributed by atoms with Crippen molar-refractivity contribution in [2.24, 2.45) is 0 Å². The topological polar surface area (TPSA) is 18.5 Å². The summed E-state index contributed by atoms with van der Waals surface area (Å²) in [4.78, 5) is 8.87. The third-order valence-corrected chi connectivity index (χ3v) is 4.74. The van der Waals surface area contributed by atoms with Crippen molar-refractivity contribution in [2.45, 2.75) is 53.2 Å². The summed E-state index contributed by atoms with van der Waals surface area (Å²) in [6.07, 6.45) is 0.575. The SMILES string of the molecule is CCN(CC)C(CN[SiH2]C(C)C)N(CC)CC. The van der Waals surface area contributed by atoms with Gasteiger partial charge in [-0.25, -0.2) is 0 Å². The summed E-state index contributed by atoms with van der Waals surface area (Å²) in [6, 6.07) is 0. The summed E-state index contributed by atoms with van der Waals surface area (Å²) in [5, 5.41) is 0. The van der Waals surface area contributed by atoms with Gasteiger partial charge in [-0.2, -0.15) is 0 Å². The van der Waals surface area contributed by atoms with Crippen LogP contribution in [0, 0.1) is 0 Å². The first-order valence-electron chi connectivity index (χ1n) is 7.29. The minimum Gasteiger partial charge on any atom is -0.339 e. The van der Waals surface area contributed by atoms with Gasteiger partial charge in [0.05, 0.1) is 15.8 Å². The van der Waals surface area contributed by atoms with Gasteiger partial charge in [0.2, 0.25) is 0 Å². The molecule has 4 heteroatoms. The van der Waals surface area contributed by atoms with Crippen LogP contribution in [-0.2, 0) is 0 Å². The highest BCUT2D eigenvalue weighted by Gasteiger charge is 2.20. The Labute approximate surface area is 111 Å². The lowest BCUT2D eigenvalue weighted by Crippen LogP contribution is -2.53. The van der Waals surface area contributed by atoms with Crippen LogP contribution in [0.2, 0.25) is 5.54 Å². The first kappa shape index (κ1) is 17.1. The summed E-state index contributed by atoms with van der Waals surface area (Å²) >= 11 is 0. The number of nitrogens with one attached hydrogen (secondary N) is 1. The fourth-order valence-electron chi connectivity index (χ4n) is 2.28. The summed E-state index contributed by atoms with van der Waals surface area (Å²) < 4.78 is 0. The van der Waals surface area contributed by atoms with E-state index in [1.54, 1.807) is 0 Å². The molecule has 17 heavy (non-hydrogen) atoms. The van der Waals surface area contributed by atoms with Crippen molar-refractivity contribution in [1.82, 2.24) is 14.8 Å². The van der Waals surface area contributed by atoms with Crippen LogP contribution in [0.3, 0.4) is 0 Å². The van der Waals surface area contributed by atoms with Gasteiger partial charge in [-0.15, -0.1) is 0 Å². The van der Waals surface area contributed by atoms with Gasteiger partial charge in [0.25, 0.3) is 0 Å². The van der Waals surface area contributed by atoms with E-state index in [0.717, 1.165) is 38.3 Å². The van der Waals surface area contributed by atoms with E-state index in [9.17, 15) is 0 Å². The second-order valence-electron chi connectivity index (χ2n) is 4.98. The number of hydrogen-bond donors (Lipinski definition) is 1. The van der Waals surface area contributed by atoms with Crippen LogP contribution in [0.5, 0.6) is 0 Å². The molecule has 104 valence electrons.